The second-order valence-corrected chi connectivity index (χ2v) is 4.57. The van der Waals surface area contributed by atoms with Crippen molar-refractivity contribution in [2.75, 3.05) is 12.4 Å². The zero-order chi connectivity index (χ0) is 14.8. The van der Waals surface area contributed by atoms with Crippen LogP contribution in [0.2, 0.25) is 5.02 Å². The number of halogens is 1. The van der Waals surface area contributed by atoms with Gasteiger partial charge in [0.2, 0.25) is 0 Å². The first-order chi connectivity index (χ1) is 10.2. The summed E-state index contributed by atoms with van der Waals surface area (Å²) < 4.78 is 4.69. The summed E-state index contributed by atoms with van der Waals surface area (Å²) in [6, 6.07) is 4.80. The number of fused-ring (bicyclic) bond motifs is 1. The first-order valence-corrected chi connectivity index (χ1v) is 6.36. The Bertz CT molecular complexity index is 817. The van der Waals surface area contributed by atoms with Crippen molar-refractivity contribution < 1.29 is 9.53 Å². The molecule has 0 saturated heterocycles. The topological polar surface area (TPSA) is 92.8 Å². The summed E-state index contributed by atoms with van der Waals surface area (Å²) in [5.74, 6) is 0.100. The van der Waals surface area contributed by atoms with Gasteiger partial charge >= 0.3 is 5.97 Å². The van der Waals surface area contributed by atoms with Gasteiger partial charge in [-0.25, -0.2) is 14.8 Å². The van der Waals surface area contributed by atoms with Gasteiger partial charge in [-0.2, -0.15) is 5.10 Å². The lowest BCUT2D eigenvalue weighted by molar-refractivity contribution is 0.0601. The monoisotopic (exact) mass is 303 g/mol. The van der Waals surface area contributed by atoms with Crippen LogP contribution in [0.3, 0.4) is 0 Å². The number of aromatic nitrogens is 4. The van der Waals surface area contributed by atoms with E-state index in [0.29, 0.717) is 27.7 Å². The zero-order valence-electron chi connectivity index (χ0n) is 10.9. The van der Waals surface area contributed by atoms with Crippen LogP contribution in [0.5, 0.6) is 0 Å². The maximum atomic E-state index is 11.6. The fourth-order valence-electron chi connectivity index (χ4n) is 1.86. The van der Waals surface area contributed by atoms with E-state index in [0.717, 1.165) is 5.39 Å². The van der Waals surface area contributed by atoms with E-state index < -0.39 is 5.97 Å². The van der Waals surface area contributed by atoms with Crippen molar-refractivity contribution in [2.24, 2.45) is 0 Å². The highest BCUT2D eigenvalue weighted by atomic mass is 35.5. The molecule has 0 aliphatic heterocycles. The van der Waals surface area contributed by atoms with Crippen molar-refractivity contribution in [3.8, 4) is 0 Å². The second kappa shape index (κ2) is 5.37. The molecular formula is C13H10ClN5O2. The third-order valence-electron chi connectivity index (χ3n) is 2.89. The molecule has 0 aliphatic carbocycles. The number of methoxy groups -OCH3 is 1. The van der Waals surface area contributed by atoms with Crippen LogP contribution in [0.15, 0.2) is 30.7 Å². The Kier molecular flexibility index (Phi) is 3.41. The van der Waals surface area contributed by atoms with E-state index in [9.17, 15) is 4.79 Å². The molecule has 3 rings (SSSR count). The number of hydrogen-bond acceptors (Lipinski definition) is 6. The van der Waals surface area contributed by atoms with E-state index in [-0.39, 0.29) is 0 Å². The zero-order valence-corrected chi connectivity index (χ0v) is 11.7. The van der Waals surface area contributed by atoms with E-state index >= 15 is 0 Å². The quantitative estimate of drug-likeness (QED) is 0.722. The Hall–Kier alpha value is -2.67. The first kappa shape index (κ1) is 13.3. The number of aromatic amines is 1. The summed E-state index contributed by atoms with van der Waals surface area (Å²) in [4.78, 5) is 19.8. The SMILES string of the molecule is COC(=O)c1ccc(Cl)c(Nc2ncnc3[nH]ncc23)c1. The Morgan fingerprint density at radius 2 is 2.24 bits per heavy atom. The molecule has 2 aromatic heterocycles. The fourth-order valence-corrected chi connectivity index (χ4v) is 2.02. The normalized spacial score (nSPS) is 10.6. The average molecular weight is 304 g/mol. The lowest BCUT2D eigenvalue weighted by Crippen LogP contribution is -2.03. The number of hydrogen-bond donors (Lipinski definition) is 2. The number of carbonyl (C=O) groups excluding carboxylic acids is 1. The highest BCUT2D eigenvalue weighted by Crippen LogP contribution is 2.28. The van der Waals surface area contributed by atoms with Gasteiger partial charge in [0.05, 0.1) is 35.0 Å². The molecule has 0 aliphatic rings. The van der Waals surface area contributed by atoms with Gasteiger partial charge in [-0.3, -0.25) is 5.10 Å². The van der Waals surface area contributed by atoms with Crippen LogP contribution in [0.25, 0.3) is 11.0 Å². The summed E-state index contributed by atoms with van der Waals surface area (Å²) in [6.07, 6.45) is 3.01. The maximum absolute atomic E-state index is 11.6. The third-order valence-corrected chi connectivity index (χ3v) is 3.22. The highest BCUT2D eigenvalue weighted by Gasteiger charge is 2.11. The maximum Gasteiger partial charge on any atom is 0.337 e. The predicted molar refractivity (Wildman–Crippen MR) is 77.8 cm³/mol. The van der Waals surface area contributed by atoms with Crippen LogP contribution in [0.4, 0.5) is 11.5 Å². The number of benzene rings is 1. The molecule has 0 bridgehead atoms. The highest BCUT2D eigenvalue weighted by molar-refractivity contribution is 6.33. The Labute approximate surface area is 124 Å². The number of anilines is 2. The summed E-state index contributed by atoms with van der Waals surface area (Å²) in [7, 11) is 1.32. The molecule has 3 aromatic rings. The Morgan fingerprint density at radius 3 is 3.05 bits per heavy atom. The van der Waals surface area contributed by atoms with Crippen molar-refractivity contribution >= 4 is 40.1 Å². The lowest BCUT2D eigenvalue weighted by Gasteiger charge is -2.09. The Morgan fingerprint density at radius 1 is 1.38 bits per heavy atom. The van der Waals surface area contributed by atoms with E-state index in [1.165, 1.54) is 13.4 Å². The van der Waals surface area contributed by atoms with Crippen LogP contribution in [-0.2, 0) is 4.74 Å². The minimum absolute atomic E-state index is 0.391. The molecule has 0 amide bonds. The summed E-state index contributed by atoms with van der Waals surface area (Å²) in [5, 5.41) is 10.9. The smallest absolute Gasteiger partial charge is 0.337 e. The van der Waals surface area contributed by atoms with E-state index in [2.05, 4.69) is 30.2 Å². The second-order valence-electron chi connectivity index (χ2n) is 4.17. The lowest BCUT2D eigenvalue weighted by atomic mass is 10.2. The van der Waals surface area contributed by atoms with Gasteiger partial charge in [0.25, 0.3) is 0 Å². The predicted octanol–water partition coefficient (Wildman–Crippen LogP) is 2.54. The molecule has 2 heterocycles. The number of esters is 1. The summed E-state index contributed by atoms with van der Waals surface area (Å²) in [5.41, 5.74) is 1.54. The molecular weight excluding hydrogens is 294 g/mol. The van der Waals surface area contributed by atoms with Crippen LogP contribution in [-0.4, -0.2) is 33.2 Å². The van der Waals surface area contributed by atoms with Gasteiger partial charge in [0, 0.05) is 0 Å². The summed E-state index contributed by atoms with van der Waals surface area (Å²) in [6.45, 7) is 0. The van der Waals surface area contributed by atoms with Crippen molar-refractivity contribution in [2.45, 2.75) is 0 Å². The van der Waals surface area contributed by atoms with Gasteiger partial charge in [0.1, 0.15) is 12.1 Å². The molecule has 106 valence electrons. The fraction of sp³-hybridized carbons (Fsp3) is 0.0769. The molecule has 0 unspecified atom stereocenters. The van der Waals surface area contributed by atoms with Crippen LogP contribution < -0.4 is 5.32 Å². The van der Waals surface area contributed by atoms with Crippen molar-refractivity contribution in [3.05, 3.63) is 41.3 Å². The van der Waals surface area contributed by atoms with Gasteiger partial charge in [-0.1, -0.05) is 11.6 Å². The van der Waals surface area contributed by atoms with E-state index in [1.807, 2.05) is 0 Å². The van der Waals surface area contributed by atoms with Crippen molar-refractivity contribution in [3.63, 3.8) is 0 Å². The molecule has 8 heteroatoms. The molecule has 2 N–H and O–H groups in total. The summed E-state index contributed by atoms with van der Waals surface area (Å²) >= 11 is 6.14. The van der Waals surface area contributed by atoms with Gasteiger partial charge in [0.15, 0.2) is 5.65 Å². The minimum atomic E-state index is -0.439. The molecule has 7 nitrogen and oxygen atoms in total. The molecule has 0 saturated carbocycles. The van der Waals surface area contributed by atoms with Crippen molar-refractivity contribution in [1.82, 2.24) is 20.2 Å². The van der Waals surface area contributed by atoms with Gasteiger partial charge in [-0.15, -0.1) is 0 Å². The van der Waals surface area contributed by atoms with Crippen molar-refractivity contribution in [1.29, 1.82) is 0 Å². The first-order valence-electron chi connectivity index (χ1n) is 5.98. The van der Waals surface area contributed by atoms with Crippen LogP contribution in [0.1, 0.15) is 10.4 Å². The molecule has 1 aromatic carbocycles. The number of carbonyl (C=O) groups is 1. The number of H-pyrrole nitrogens is 1. The van der Waals surface area contributed by atoms with E-state index in [4.69, 9.17) is 11.6 Å². The largest absolute Gasteiger partial charge is 0.465 e. The van der Waals surface area contributed by atoms with Crippen LogP contribution >= 0.6 is 11.6 Å². The number of ether oxygens (including phenoxy) is 1. The minimum Gasteiger partial charge on any atom is -0.465 e. The third kappa shape index (κ3) is 2.50. The molecule has 0 spiro atoms. The number of nitrogens with one attached hydrogen (secondary N) is 2. The molecule has 0 fully saturated rings. The number of rotatable bonds is 3. The van der Waals surface area contributed by atoms with Gasteiger partial charge in [-0.05, 0) is 18.2 Å². The van der Waals surface area contributed by atoms with Gasteiger partial charge < -0.3 is 10.1 Å². The molecule has 21 heavy (non-hydrogen) atoms. The Balaban J connectivity index is 2.01. The number of nitrogens with zero attached hydrogens (tertiary/aromatic N) is 3. The standard InChI is InChI=1S/C13H10ClN5O2/c1-21-13(20)7-2-3-9(14)10(4-7)18-11-8-5-17-19-12(8)16-6-15-11/h2-6H,1H3,(H2,15,16,17,18,19). The van der Waals surface area contributed by atoms with Crippen LogP contribution in [0, 0.1) is 0 Å². The molecule has 0 radical (unpaired) electrons. The van der Waals surface area contributed by atoms with E-state index in [1.54, 1.807) is 24.4 Å². The molecule has 0 atom stereocenters. The average Bonchev–Trinajstić information content (AvgIpc) is 2.98.